The molecule has 1 aliphatic heterocycles. The number of aromatic nitrogens is 3. The molecule has 1 atom stereocenters. The Bertz CT molecular complexity index is 1760. The molecule has 1 fully saturated rings. The summed E-state index contributed by atoms with van der Waals surface area (Å²) in [7, 11) is 3.06. The van der Waals surface area contributed by atoms with Crippen LogP contribution in [0.1, 0.15) is 42.1 Å². The number of aryl methyl sites for hydroxylation is 1. The number of rotatable bonds is 9. The largest absolute Gasteiger partial charge is 0.481 e. The van der Waals surface area contributed by atoms with Gasteiger partial charge in [-0.3, -0.25) is 19.3 Å². The maximum Gasteiger partial charge on any atom is 0.279 e. The second-order valence-corrected chi connectivity index (χ2v) is 11.3. The molecule has 5 rings (SSSR count). The number of amides is 1. The second-order valence-electron chi connectivity index (χ2n) is 10.5. The molecule has 0 radical (unpaired) electrons. The predicted octanol–water partition coefficient (Wildman–Crippen LogP) is 6.02. The highest BCUT2D eigenvalue weighted by atomic mass is 35.5. The molecule has 11 heteroatoms. The molecule has 1 aliphatic rings. The third kappa shape index (κ3) is 6.49. The van der Waals surface area contributed by atoms with Crippen molar-refractivity contribution in [2.45, 2.75) is 38.8 Å². The van der Waals surface area contributed by atoms with Crippen LogP contribution in [-0.4, -0.2) is 51.1 Å². The fraction of sp³-hybridized carbons (Fsp3) is 0.281. The molecule has 2 aromatic heterocycles. The van der Waals surface area contributed by atoms with Gasteiger partial charge in [-0.25, -0.2) is 9.67 Å². The zero-order valence-corrected chi connectivity index (χ0v) is 25.6. The highest BCUT2D eigenvalue weighted by Crippen LogP contribution is 2.41. The Labute approximate surface area is 259 Å². The summed E-state index contributed by atoms with van der Waals surface area (Å²) in [5.74, 6) is 0.0941. The van der Waals surface area contributed by atoms with Gasteiger partial charge in [0.1, 0.15) is 11.3 Å². The number of anilines is 1. The van der Waals surface area contributed by atoms with Gasteiger partial charge in [-0.15, -0.1) is 0 Å². The van der Waals surface area contributed by atoms with E-state index in [0.717, 1.165) is 29.6 Å². The van der Waals surface area contributed by atoms with Gasteiger partial charge in [-0.1, -0.05) is 59.6 Å². The van der Waals surface area contributed by atoms with E-state index in [1.807, 2.05) is 30.3 Å². The number of Topliss-reactive ketones (excluding diaryl/α,β-unsaturated/α-hetero) is 1. The van der Waals surface area contributed by atoms with Crippen molar-refractivity contribution in [3.8, 4) is 28.3 Å². The topological polar surface area (TPSA) is 106 Å². The first kappa shape index (κ1) is 30.4. The van der Waals surface area contributed by atoms with Gasteiger partial charge < -0.3 is 10.1 Å². The molecule has 1 saturated heterocycles. The van der Waals surface area contributed by atoms with Crippen LogP contribution in [0.25, 0.3) is 22.4 Å². The third-order valence-corrected chi connectivity index (χ3v) is 8.40. The number of ether oxygens (including phenoxy) is 1. The van der Waals surface area contributed by atoms with Gasteiger partial charge in [0.15, 0.2) is 0 Å². The number of pyridine rings is 1. The van der Waals surface area contributed by atoms with Gasteiger partial charge in [0.05, 0.1) is 28.5 Å². The SMILES string of the molecule is COc1nc(-c2cccc(-c3cccc(NC(=O)c4ccnn(C)c4=O)c3Cl)c2Cl)ccc1CN1CCC[C@H]1CC(C)=O. The minimum atomic E-state index is -0.597. The highest BCUT2D eigenvalue weighted by molar-refractivity contribution is 6.39. The molecule has 222 valence electrons. The van der Waals surface area contributed by atoms with Crippen LogP contribution in [0, 0.1) is 0 Å². The van der Waals surface area contributed by atoms with E-state index in [1.54, 1.807) is 32.2 Å². The molecule has 0 bridgehead atoms. The molecular formula is C32H31Cl2N5O4. The Balaban J connectivity index is 1.43. The quantitative estimate of drug-likeness (QED) is 0.244. The van der Waals surface area contributed by atoms with Gasteiger partial charge in [0.25, 0.3) is 11.5 Å². The van der Waals surface area contributed by atoms with Crippen molar-refractivity contribution >= 4 is 40.6 Å². The third-order valence-electron chi connectivity index (χ3n) is 7.59. The smallest absolute Gasteiger partial charge is 0.279 e. The van der Waals surface area contributed by atoms with Crippen LogP contribution in [0.15, 0.2) is 65.6 Å². The maximum atomic E-state index is 12.9. The van der Waals surface area contributed by atoms with Crippen molar-refractivity contribution in [3.63, 3.8) is 0 Å². The van der Waals surface area contributed by atoms with Gasteiger partial charge in [-0.2, -0.15) is 5.10 Å². The number of benzene rings is 2. The fourth-order valence-corrected chi connectivity index (χ4v) is 6.04. The van der Waals surface area contributed by atoms with E-state index in [1.165, 1.54) is 19.3 Å². The molecule has 2 aromatic carbocycles. The number of nitrogens with zero attached hydrogens (tertiary/aromatic N) is 4. The summed E-state index contributed by atoms with van der Waals surface area (Å²) in [5, 5.41) is 7.28. The molecular weight excluding hydrogens is 589 g/mol. The molecule has 4 aromatic rings. The number of halogens is 2. The molecule has 0 unspecified atom stereocenters. The summed E-state index contributed by atoms with van der Waals surface area (Å²) < 4.78 is 6.76. The maximum absolute atomic E-state index is 12.9. The lowest BCUT2D eigenvalue weighted by atomic mass is 10.00. The minimum absolute atomic E-state index is 0.0541. The van der Waals surface area contributed by atoms with Crippen LogP contribution >= 0.6 is 23.2 Å². The standard InChI is InChI=1S/C32H31Cl2N5O4/c1-19(40)17-21-7-6-16-39(21)18-20-12-13-26(37-31(20)43-3)24-10-4-8-22(28(24)33)23-9-5-11-27(29(23)34)36-30(41)25-14-15-35-38(2)32(25)42/h4-5,8-15,21H,6-7,16-18H2,1-3H3,(H,36,41)/t21-/m0/s1. The monoisotopic (exact) mass is 619 g/mol. The first-order valence-corrected chi connectivity index (χ1v) is 14.6. The van der Waals surface area contributed by atoms with E-state index in [9.17, 15) is 14.4 Å². The highest BCUT2D eigenvalue weighted by Gasteiger charge is 2.27. The molecule has 1 amide bonds. The molecule has 9 nitrogen and oxygen atoms in total. The van der Waals surface area contributed by atoms with E-state index in [-0.39, 0.29) is 22.4 Å². The van der Waals surface area contributed by atoms with E-state index < -0.39 is 11.5 Å². The summed E-state index contributed by atoms with van der Waals surface area (Å²) in [6.07, 6.45) is 3.99. The first-order chi connectivity index (χ1) is 20.7. The Morgan fingerprint density at radius 1 is 1.02 bits per heavy atom. The van der Waals surface area contributed by atoms with E-state index in [4.69, 9.17) is 32.9 Å². The van der Waals surface area contributed by atoms with Gasteiger partial charge in [-0.05, 0) is 44.5 Å². The van der Waals surface area contributed by atoms with Crippen molar-refractivity contribution in [3.05, 3.63) is 92.3 Å². The van der Waals surface area contributed by atoms with Crippen molar-refractivity contribution in [1.29, 1.82) is 0 Å². The Morgan fingerprint density at radius 2 is 1.74 bits per heavy atom. The second kappa shape index (κ2) is 13.1. The van der Waals surface area contributed by atoms with Crippen LogP contribution in [-0.2, 0) is 18.4 Å². The van der Waals surface area contributed by atoms with E-state index in [2.05, 4.69) is 15.3 Å². The molecule has 0 aliphatic carbocycles. The normalized spacial score (nSPS) is 15.0. The fourth-order valence-electron chi connectivity index (χ4n) is 5.44. The number of carbonyl (C=O) groups is 2. The van der Waals surface area contributed by atoms with Crippen LogP contribution in [0.4, 0.5) is 5.69 Å². The summed E-state index contributed by atoms with van der Waals surface area (Å²) in [6, 6.07) is 16.3. The van der Waals surface area contributed by atoms with Gasteiger partial charge in [0, 0.05) is 54.5 Å². The van der Waals surface area contributed by atoms with Crippen LogP contribution < -0.4 is 15.6 Å². The lowest BCUT2D eigenvalue weighted by Crippen LogP contribution is -2.30. The summed E-state index contributed by atoms with van der Waals surface area (Å²) in [4.78, 5) is 44.1. The molecule has 3 heterocycles. The van der Waals surface area contributed by atoms with Crippen molar-refractivity contribution in [1.82, 2.24) is 19.7 Å². The number of methoxy groups -OCH3 is 1. The Hall–Kier alpha value is -4.05. The number of ketones is 1. The van der Waals surface area contributed by atoms with Crippen molar-refractivity contribution in [2.24, 2.45) is 7.05 Å². The Kier molecular flexibility index (Phi) is 9.25. The summed E-state index contributed by atoms with van der Waals surface area (Å²) in [6.45, 7) is 3.20. The zero-order valence-electron chi connectivity index (χ0n) is 24.1. The molecule has 1 N–H and O–H groups in total. The lowest BCUT2D eigenvalue weighted by Gasteiger charge is -2.24. The molecule has 0 spiro atoms. The van der Waals surface area contributed by atoms with E-state index in [0.29, 0.717) is 51.9 Å². The Morgan fingerprint density at radius 3 is 2.49 bits per heavy atom. The predicted molar refractivity (Wildman–Crippen MR) is 168 cm³/mol. The lowest BCUT2D eigenvalue weighted by molar-refractivity contribution is -0.118. The first-order valence-electron chi connectivity index (χ1n) is 13.9. The number of likely N-dealkylation sites (tertiary alicyclic amines) is 1. The van der Waals surface area contributed by atoms with Crippen LogP contribution in [0.3, 0.4) is 0 Å². The number of carbonyl (C=O) groups excluding carboxylic acids is 2. The van der Waals surface area contributed by atoms with Crippen molar-refractivity contribution in [2.75, 3.05) is 19.0 Å². The number of hydrogen-bond donors (Lipinski definition) is 1. The number of nitrogens with one attached hydrogen (secondary N) is 1. The van der Waals surface area contributed by atoms with E-state index >= 15 is 0 Å². The van der Waals surface area contributed by atoms with Gasteiger partial charge >= 0.3 is 0 Å². The van der Waals surface area contributed by atoms with Gasteiger partial charge in [0.2, 0.25) is 5.88 Å². The van der Waals surface area contributed by atoms with Crippen LogP contribution in [0.2, 0.25) is 10.0 Å². The minimum Gasteiger partial charge on any atom is -0.481 e. The zero-order chi connectivity index (χ0) is 30.7. The average Bonchev–Trinajstić information content (AvgIpc) is 3.41. The average molecular weight is 621 g/mol. The summed E-state index contributed by atoms with van der Waals surface area (Å²) >= 11 is 13.7. The van der Waals surface area contributed by atoms with Crippen LogP contribution in [0.5, 0.6) is 5.88 Å². The molecule has 0 saturated carbocycles. The number of hydrogen-bond acceptors (Lipinski definition) is 7. The molecule has 43 heavy (non-hydrogen) atoms. The summed E-state index contributed by atoms with van der Waals surface area (Å²) in [5.41, 5.74) is 3.25. The van der Waals surface area contributed by atoms with Crippen molar-refractivity contribution < 1.29 is 14.3 Å².